The fourth-order valence-corrected chi connectivity index (χ4v) is 2.72. The SMILES string of the molecule is C=CCc1ccc(N(Cn2ccnn2)c2ccc(CC=C)cc2)cc1. The molecule has 3 rings (SSSR count). The first-order valence-corrected chi connectivity index (χ1v) is 8.31. The summed E-state index contributed by atoms with van der Waals surface area (Å²) in [5.74, 6) is 0. The summed E-state index contributed by atoms with van der Waals surface area (Å²) in [6.07, 6.45) is 9.14. The minimum absolute atomic E-state index is 0.599. The van der Waals surface area contributed by atoms with Gasteiger partial charge in [0.05, 0.1) is 6.20 Å². The van der Waals surface area contributed by atoms with Crippen LogP contribution in [0.25, 0.3) is 0 Å². The standard InChI is InChI=1S/C21H22N4/c1-3-5-18-7-11-20(12-8-18)25(17-24-16-15-22-23-24)21-13-9-19(6-4-2)10-14-21/h3-4,7-16H,1-2,5-6,17H2. The van der Waals surface area contributed by atoms with Crippen LogP contribution in [0.5, 0.6) is 0 Å². The molecule has 0 atom stereocenters. The van der Waals surface area contributed by atoms with Gasteiger partial charge in [0, 0.05) is 17.6 Å². The third-order valence-corrected chi connectivity index (χ3v) is 4.01. The summed E-state index contributed by atoms with van der Waals surface area (Å²) in [5, 5.41) is 8.00. The van der Waals surface area contributed by atoms with Crippen molar-refractivity contribution in [2.24, 2.45) is 0 Å². The quantitative estimate of drug-likeness (QED) is 0.569. The highest BCUT2D eigenvalue weighted by molar-refractivity contribution is 5.63. The van der Waals surface area contributed by atoms with Crippen molar-refractivity contribution in [2.45, 2.75) is 19.5 Å². The van der Waals surface area contributed by atoms with Gasteiger partial charge in [0.1, 0.15) is 6.67 Å². The molecule has 0 N–H and O–H groups in total. The van der Waals surface area contributed by atoms with E-state index in [1.54, 1.807) is 6.20 Å². The molecule has 1 aromatic heterocycles. The second-order valence-electron chi connectivity index (χ2n) is 5.83. The zero-order valence-electron chi connectivity index (χ0n) is 14.3. The van der Waals surface area contributed by atoms with Gasteiger partial charge in [-0.25, -0.2) is 4.68 Å². The van der Waals surface area contributed by atoms with Gasteiger partial charge in [-0.15, -0.1) is 18.3 Å². The second kappa shape index (κ2) is 8.11. The molecule has 4 nitrogen and oxygen atoms in total. The van der Waals surface area contributed by atoms with Gasteiger partial charge in [0.25, 0.3) is 0 Å². The Labute approximate surface area is 148 Å². The number of benzene rings is 2. The summed E-state index contributed by atoms with van der Waals surface area (Å²) in [6, 6.07) is 17.1. The lowest BCUT2D eigenvalue weighted by Crippen LogP contribution is -2.21. The monoisotopic (exact) mass is 330 g/mol. The van der Waals surface area contributed by atoms with Crippen molar-refractivity contribution in [2.75, 3.05) is 4.90 Å². The molecule has 0 aliphatic rings. The Balaban J connectivity index is 1.91. The lowest BCUT2D eigenvalue weighted by Gasteiger charge is -2.25. The largest absolute Gasteiger partial charge is 0.321 e. The minimum atomic E-state index is 0.599. The van der Waals surface area contributed by atoms with Gasteiger partial charge in [0.15, 0.2) is 0 Å². The van der Waals surface area contributed by atoms with Crippen molar-refractivity contribution in [3.8, 4) is 0 Å². The Morgan fingerprint density at radius 1 is 0.840 bits per heavy atom. The number of allylic oxidation sites excluding steroid dienone is 2. The topological polar surface area (TPSA) is 34.0 Å². The highest BCUT2D eigenvalue weighted by Gasteiger charge is 2.11. The molecular weight excluding hydrogens is 308 g/mol. The van der Waals surface area contributed by atoms with E-state index >= 15 is 0 Å². The number of aromatic nitrogens is 3. The zero-order valence-corrected chi connectivity index (χ0v) is 14.3. The van der Waals surface area contributed by atoms with Crippen LogP contribution in [0, 0.1) is 0 Å². The predicted molar refractivity (Wildman–Crippen MR) is 103 cm³/mol. The Morgan fingerprint density at radius 2 is 1.36 bits per heavy atom. The van der Waals surface area contributed by atoms with Gasteiger partial charge in [-0.1, -0.05) is 41.6 Å². The third kappa shape index (κ3) is 4.23. The van der Waals surface area contributed by atoms with E-state index in [1.165, 1.54) is 11.1 Å². The Bertz CT molecular complexity index is 749. The summed E-state index contributed by atoms with van der Waals surface area (Å²) < 4.78 is 1.81. The van der Waals surface area contributed by atoms with E-state index in [4.69, 9.17) is 0 Å². The van der Waals surface area contributed by atoms with Gasteiger partial charge in [-0.3, -0.25) is 0 Å². The second-order valence-corrected chi connectivity index (χ2v) is 5.83. The molecule has 0 amide bonds. The van der Waals surface area contributed by atoms with Gasteiger partial charge in [-0.2, -0.15) is 0 Å². The van der Waals surface area contributed by atoms with Crippen molar-refractivity contribution in [3.05, 3.63) is 97.4 Å². The van der Waals surface area contributed by atoms with Crippen LogP contribution < -0.4 is 4.90 Å². The Morgan fingerprint density at radius 3 is 1.76 bits per heavy atom. The Hall–Kier alpha value is -3.14. The van der Waals surface area contributed by atoms with Crippen LogP contribution in [0.3, 0.4) is 0 Å². The van der Waals surface area contributed by atoms with E-state index in [1.807, 2.05) is 23.0 Å². The highest BCUT2D eigenvalue weighted by atomic mass is 15.5. The van der Waals surface area contributed by atoms with Gasteiger partial charge < -0.3 is 4.90 Å². The summed E-state index contributed by atoms with van der Waals surface area (Å²) >= 11 is 0. The van der Waals surface area contributed by atoms with Crippen LogP contribution >= 0.6 is 0 Å². The maximum absolute atomic E-state index is 4.10. The average molecular weight is 330 g/mol. The van der Waals surface area contributed by atoms with Crippen molar-refractivity contribution in [1.82, 2.24) is 15.0 Å². The van der Waals surface area contributed by atoms with E-state index in [9.17, 15) is 0 Å². The molecule has 2 aromatic carbocycles. The van der Waals surface area contributed by atoms with Crippen LogP contribution in [0.4, 0.5) is 11.4 Å². The lowest BCUT2D eigenvalue weighted by molar-refractivity contribution is 0.596. The van der Waals surface area contributed by atoms with E-state index in [2.05, 4.69) is 76.9 Å². The van der Waals surface area contributed by atoms with Crippen LogP contribution in [0.2, 0.25) is 0 Å². The molecule has 0 aliphatic heterocycles. The number of hydrogen-bond acceptors (Lipinski definition) is 3. The number of hydrogen-bond donors (Lipinski definition) is 0. The lowest BCUT2D eigenvalue weighted by atomic mass is 10.1. The molecule has 0 aliphatic carbocycles. The number of anilines is 2. The fourth-order valence-electron chi connectivity index (χ4n) is 2.72. The van der Waals surface area contributed by atoms with Gasteiger partial charge in [-0.05, 0) is 48.2 Å². The van der Waals surface area contributed by atoms with Crippen molar-refractivity contribution < 1.29 is 0 Å². The van der Waals surface area contributed by atoms with Crippen LogP contribution in [0.1, 0.15) is 11.1 Å². The molecule has 0 unspecified atom stereocenters. The highest BCUT2D eigenvalue weighted by Crippen LogP contribution is 2.27. The van der Waals surface area contributed by atoms with E-state index in [0.717, 1.165) is 24.2 Å². The number of nitrogens with zero attached hydrogens (tertiary/aromatic N) is 4. The maximum atomic E-state index is 4.10. The predicted octanol–water partition coefficient (Wildman–Crippen LogP) is 4.53. The summed E-state index contributed by atoms with van der Waals surface area (Å²) in [4.78, 5) is 2.21. The van der Waals surface area contributed by atoms with Gasteiger partial charge in [0.2, 0.25) is 0 Å². The smallest absolute Gasteiger partial charge is 0.118 e. The van der Waals surface area contributed by atoms with Crippen molar-refractivity contribution in [1.29, 1.82) is 0 Å². The molecule has 3 aromatic rings. The first-order chi connectivity index (χ1) is 12.3. The molecule has 1 heterocycles. The van der Waals surface area contributed by atoms with E-state index in [-0.39, 0.29) is 0 Å². The first-order valence-electron chi connectivity index (χ1n) is 8.31. The number of rotatable bonds is 8. The molecular formula is C21H22N4. The van der Waals surface area contributed by atoms with Crippen molar-refractivity contribution >= 4 is 11.4 Å². The van der Waals surface area contributed by atoms with Gasteiger partial charge >= 0.3 is 0 Å². The molecule has 0 saturated heterocycles. The van der Waals surface area contributed by atoms with Crippen LogP contribution in [-0.4, -0.2) is 15.0 Å². The molecule has 0 bridgehead atoms. The first kappa shape index (κ1) is 16.7. The van der Waals surface area contributed by atoms with Crippen LogP contribution in [0.15, 0.2) is 86.2 Å². The molecule has 0 radical (unpaired) electrons. The molecule has 0 fully saturated rings. The summed E-state index contributed by atoms with van der Waals surface area (Å²) in [6.45, 7) is 8.20. The van der Waals surface area contributed by atoms with Crippen molar-refractivity contribution in [3.63, 3.8) is 0 Å². The molecule has 25 heavy (non-hydrogen) atoms. The summed E-state index contributed by atoms with van der Waals surface area (Å²) in [7, 11) is 0. The molecule has 4 heteroatoms. The molecule has 0 saturated carbocycles. The third-order valence-electron chi connectivity index (χ3n) is 4.01. The fraction of sp³-hybridized carbons (Fsp3) is 0.143. The minimum Gasteiger partial charge on any atom is -0.321 e. The Kier molecular flexibility index (Phi) is 5.42. The van der Waals surface area contributed by atoms with E-state index < -0.39 is 0 Å². The maximum Gasteiger partial charge on any atom is 0.118 e. The molecule has 0 spiro atoms. The zero-order chi connectivity index (χ0) is 17.5. The normalized spacial score (nSPS) is 10.4. The summed E-state index contributed by atoms with van der Waals surface area (Å²) in [5.41, 5.74) is 4.72. The van der Waals surface area contributed by atoms with E-state index in [0.29, 0.717) is 6.67 Å². The average Bonchev–Trinajstić information content (AvgIpc) is 3.15. The molecule has 126 valence electrons. The van der Waals surface area contributed by atoms with Crippen LogP contribution in [-0.2, 0) is 19.5 Å².